The second kappa shape index (κ2) is 11.0. The number of esters is 1. The van der Waals surface area contributed by atoms with E-state index >= 15 is 0 Å². The van der Waals surface area contributed by atoms with E-state index in [1.807, 2.05) is 6.07 Å². The molecular formula is C25H22FNO6. The van der Waals surface area contributed by atoms with E-state index in [2.05, 4.69) is 5.32 Å². The van der Waals surface area contributed by atoms with Gasteiger partial charge in [0.1, 0.15) is 18.7 Å². The third-order valence-electron chi connectivity index (χ3n) is 5.03. The zero-order valence-corrected chi connectivity index (χ0v) is 17.9. The molecule has 7 nitrogen and oxygen atoms in total. The molecule has 0 spiro atoms. The summed E-state index contributed by atoms with van der Waals surface area (Å²) in [5.74, 6) is -3.92. The number of hydrogen-bond acceptors (Lipinski definition) is 6. The van der Waals surface area contributed by atoms with Gasteiger partial charge in [0.15, 0.2) is 5.76 Å². The van der Waals surface area contributed by atoms with Crippen molar-refractivity contribution in [2.75, 3.05) is 7.11 Å². The molecule has 0 heterocycles. The number of rotatable bonds is 9. The maximum absolute atomic E-state index is 13.2. The van der Waals surface area contributed by atoms with Crippen LogP contribution in [-0.4, -0.2) is 31.1 Å². The van der Waals surface area contributed by atoms with E-state index in [4.69, 9.17) is 9.47 Å². The van der Waals surface area contributed by atoms with Gasteiger partial charge < -0.3 is 19.6 Å². The maximum Gasteiger partial charge on any atom is 0.338 e. The van der Waals surface area contributed by atoms with E-state index < -0.39 is 29.4 Å². The Hall–Kier alpha value is -4.07. The fourth-order valence-corrected chi connectivity index (χ4v) is 3.35. The highest BCUT2D eigenvalue weighted by atomic mass is 19.1. The van der Waals surface area contributed by atoms with E-state index in [0.29, 0.717) is 11.8 Å². The van der Waals surface area contributed by atoms with Crippen LogP contribution >= 0.6 is 0 Å². The molecule has 0 bridgehead atoms. The number of Topliss-reactive ketones (excluding diaryl/α,β-unsaturated/α-hetero) is 1. The fraction of sp³-hybridized carbons (Fsp3) is 0.200. The highest BCUT2D eigenvalue weighted by molar-refractivity contribution is 6.27. The van der Waals surface area contributed by atoms with Gasteiger partial charge in [-0.1, -0.05) is 48.5 Å². The molecule has 1 aliphatic rings. The summed E-state index contributed by atoms with van der Waals surface area (Å²) < 4.78 is 23.6. The van der Waals surface area contributed by atoms with Crippen LogP contribution in [0, 0.1) is 11.7 Å². The topological polar surface area (TPSA) is 98.8 Å². The van der Waals surface area contributed by atoms with Crippen LogP contribution < -0.4 is 5.32 Å². The van der Waals surface area contributed by atoms with Crippen LogP contribution in [0.3, 0.4) is 0 Å². The van der Waals surface area contributed by atoms with Crippen LogP contribution in [0.1, 0.15) is 17.5 Å². The van der Waals surface area contributed by atoms with Gasteiger partial charge in [0, 0.05) is 18.9 Å². The minimum Gasteiger partial charge on any atom is -0.484 e. The standard InChI is InChI=1S/C25H22FNO6/c1-32-25(31)21-18(11-12-28)13-20(24(30)27-14-16-7-9-19(26)10-8-16)22(29)23(21)33-15-17-5-3-2-4-6-17/h2-10,12-13,18H,11,14-15H2,1H3,(H,27,30). The van der Waals surface area contributed by atoms with Crippen LogP contribution in [-0.2, 0) is 41.8 Å². The number of ketones is 1. The van der Waals surface area contributed by atoms with Crippen molar-refractivity contribution in [3.8, 4) is 0 Å². The van der Waals surface area contributed by atoms with Crippen molar-refractivity contribution < 1.29 is 33.0 Å². The first-order valence-corrected chi connectivity index (χ1v) is 10.2. The summed E-state index contributed by atoms with van der Waals surface area (Å²) in [4.78, 5) is 49.7. The second-order valence-electron chi connectivity index (χ2n) is 7.24. The number of amides is 1. The lowest BCUT2D eigenvalue weighted by atomic mass is 9.85. The van der Waals surface area contributed by atoms with Crippen molar-refractivity contribution in [3.63, 3.8) is 0 Å². The van der Waals surface area contributed by atoms with Crippen molar-refractivity contribution in [2.24, 2.45) is 5.92 Å². The van der Waals surface area contributed by atoms with E-state index in [0.717, 1.165) is 12.7 Å². The number of ether oxygens (including phenoxy) is 2. The number of nitrogens with one attached hydrogen (secondary N) is 1. The maximum atomic E-state index is 13.2. The molecule has 1 unspecified atom stereocenters. The lowest BCUT2D eigenvalue weighted by molar-refractivity contribution is -0.138. The van der Waals surface area contributed by atoms with Crippen molar-refractivity contribution in [1.29, 1.82) is 0 Å². The zero-order chi connectivity index (χ0) is 23.8. The fourth-order valence-electron chi connectivity index (χ4n) is 3.35. The van der Waals surface area contributed by atoms with Gasteiger partial charge in [-0.3, -0.25) is 9.59 Å². The summed E-state index contributed by atoms with van der Waals surface area (Å²) in [5.41, 5.74) is 1.01. The van der Waals surface area contributed by atoms with Crippen molar-refractivity contribution in [3.05, 3.63) is 94.5 Å². The summed E-state index contributed by atoms with van der Waals surface area (Å²) in [5, 5.41) is 2.60. The first kappa shape index (κ1) is 23.6. The Morgan fingerprint density at radius 1 is 1.06 bits per heavy atom. The minimum absolute atomic E-state index is 0.0271. The highest BCUT2D eigenvalue weighted by Gasteiger charge is 2.38. The number of aldehydes is 1. The molecular weight excluding hydrogens is 429 g/mol. The number of hydrogen-bond donors (Lipinski definition) is 1. The summed E-state index contributed by atoms with van der Waals surface area (Å²) in [6.45, 7) is 0.0244. The molecule has 2 aromatic rings. The lowest BCUT2D eigenvalue weighted by Crippen LogP contribution is -2.34. The van der Waals surface area contributed by atoms with Crippen molar-refractivity contribution in [2.45, 2.75) is 19.6 Å². The molecule has 0 aromatic heterocycles. The molecule has 170 valence electrons. The Morgan fingerprint density at radius 3 is 2.39 bits per heavy atom. The smallest absolute Gasteiger partial charge is 0.338 e. The molecule has 1 aliphatic carbocycles. The molecule has 8 heteroatoms. The molecule has 0 fully saturated rings. The van der Waals surface area contributed by atoms with Gasteiger partial charge in [-0.2, -0.15) is 0 Å². The Labute approximate surface area is 189 Å². The van der Waals surface area contributed by atoms with E-state index in [9.17, 15) is 23.6 Å². The first-order valence-electron chi connectivity index (χ1n) is 10.2. The Morgan fingerprint density at radius 2 is 1.76 bits per heavy atom. The molecule has 3 rings (SSSR count). The van der Waals surface area contributed by atoms with Crippen LogP contribution in [0.25, 0.3) is 0 Å². The third-order valence-corrected chi connectivity index (χ3v) is 5.03. The zero-order valence-electron chi connectivity index (χ0n) is 17.9. The molecule has 33 heavy (non-hydrogen) atoms. The average Bonchev–Trinajstić information content (AvgIpc) is 2.83. The molecule has 1 N–H and O–H groups in total. The van der Waals surface area contributed by atoms with E-state index in [1.54, 1.807) is 24.3 Å². The largest absolute Gasteiger partial charge is 0.484 e. The number of benzene rings is 2. The molecule has 0 saturated heterocycles. The van der Waals surface area contributed by atoms with Gasteiger partial charge in [0.05, 0.1) is 18.3 Å². The number of carbonyl (C=O) groups excluding carboxylic acids is 4. The van der Waals surface area contributed by atoms with Crippen LogP contribution in [0.2, 0.25) is 0 Å². The molecule has 0 saturated carbocycles. The van der Waals surface area contributed by atoms with Gasteiger partial charge in [0.2, 0.25) is 5.78 Å². The monoisotopic (exact) mass is 451 g/mol. The van der Waals surface area contributed by atoms with Crippen molar-refractivity contribution in [1.82, 2.24) is 5.32 Å². The second-order valence-corrected chi connectivity index (χ2v) is 7.24. The van der Waals surface area contributed by atoms with Gasteiger partial charge in [-0.25, -0.2) is 9.18 Å². The van der Waals surface area contributed by atoms with Gasteiger partial charge >= 0.3 is 5.97 Å². The molecule has 0 radical (unpaired) electrons. The predicted octanol–water partition coefficient (Wildman–Crippen LogP) is 2.80. The average molecular weight is 451 g/mol. The predicted molar refractivity (Wildman–Crippen MR) is 116 cm³/mol. The summed E-state index contributed by atoms with van der Waals surface area (Å²) in [7, 11) is 1.15. The molecule has 1 atom stereocenters. The highest BCUT2D eigenvalue weighted by Crippen LogP contribution is 2.31. The molecule has 0 aliphatic heterocycles. The van der Waals surface area contributed by atoms with Gasteiger partial charge in [-0.15, -0.1) is 0 Å². The number of methoxy groups -OCH3 is 1. The van der Waals surface area contributed by atoms with Crippen LogP contribution in [0.15, 0.2) is 77.6 Å². The molecule has 2 aromatic carbocycles. The quantitative estimate of drug-likeness (QED) is 0.358. The van der Waals surface area contributed by atoms with E-state index in [-0.39, 0.29) is 36.5 Å². The first-order chi connectivity index (χ1) is 15.9. The van der Waals surface area contributed by atoms with Gasteiger partial charge in [-0.05, 0) is 23.3 Å². The summed E-state index contributed by atoms with van der Waals surface area (Å²) >= 11 is 0. The molecule has 1 amide bonds. The number of carbonyl (C=O) groups is 4. The summed E-state index contributed by atoms with van der Waals surface area (Å²) in [6, 6.07) is 14.5. The van der Waals surface area contributed by atoms with Crippen LogP contribution in [0.5, 0.6) is 0 Å². The normalized spacial score (nSPS) is 15.5. The number of halogens is 1. The Balaban J connectivity index is 1.87. The summed E-state index contributed by atoms with van der Waals surface area (Å²) in [6.07, 6.45) is 1.71. The van der Waals surface area contributed by atoms with Gasteiger partial charge in [0.25, 0.3) is 5.91 Å². The van der Waals surface area contributed by atoms with E-state index in [1.165, 1.54) is 30.3 Å². The minimum atomic E-state index is -0.870. The lowest BCUT2D eigenvalue weighted by Gasteiger charge is -2.24. The Kier molecular flexibility index (Phi) is 7.86. The SMILES string of the molecule is COC(=O)C1=C(OCc2ccccc2)C(=O)C(C(=O)NCc2ccc(F)cc2)=CC1CC=O. The Bertz CT molecular complexity index is 1110. The third kappa shape index (κ3) is 5.79. The number of allylic oxidation sites excluding steroid dienone is 2. The van der Waals surface area contributed by atoms with Crippen LogP contribution in [0.4, 0.5) is 4.39 Å². The van der Waals surface area contributed by atoms with Crippen molar-refractivity contribution >= 4 is 23.9 Å².